The quantitative estimate of drug-likeness (QED) is 0.393. The van der Waals surface area contributed by atoms with Gasteiger partial charge in [0.2, 0.25) is 0 Å². The summed E-state index contributed by atoms with van der Waals surface area (Å²) < 4.78 is 8.02. The summed E-state index contributed by atoms with van der Waals surface area (Å²) >= 11 is 0. The fraction of sp³-hybridized carbons (Fsp3) is 0.148. The van der Waals surface area contributed by atoms with Crippen molar-refractivity contribution in [3.63, 3.8) is 0 Å². The van der Waals surface area contributed by atoms with Gasteiger partial charge in [-0.3, -0.25) is 9.59 Å². The summed E-state index contributed by atoms with van der Waals surface area (Å²) in [5, 5.41) is 15.3. The number of fused-ring (bicyclic) bond motifs is 1. The van der Waals surface area contributed by atoms with Crippen LogP contribution in [-0.2, 0) is 0 Å². The smallest absolute Gasteiger partial charge is 0.259 e. The van der Waals surface area contributed by atoms with Crippen molar-refractivity contribution in [2.45, 2.75) is 25.8 Å². The highest BCUT2D eigenvalue weighted by molar-refractivity contribution is 6.11. The predicted octanol–water partition coefficient (Wildman–Crippen LogP) is 5.01. The normalized spacial score (nSPS) is 13.2. The molecular formula is C27H21N5O3. The van der Waals surface area contributed by atoms with E-state index < -0.39 is 0 Å². The first-order chi connectivity index (χ1) is 17.1. The first-order valence-electron chi connectivity index (χ1n) is 11.4. The minimum atomic E-state index is -0.364. The summed E-state index contributed by atoms with van der Waals surface area (Å²) in [6.07, 6.45) is 2.16. The van der Waals surface area contributed by atoms with E-state index in [-0.39, 0.29) is 16.9 Å². The Labute approximate surface area is 200 Å². The van der Waals surface area contributed by atoms with Gasteiger partial charge in [0, 0.05) is 22.4 Å². The molecule has 6 rings (SSSR count). The van der Waals surface area contributed by atoms with Crippen LogP contribution < -0.4 is 10.7 Å². The highest BCUT2D eigenvalue weighted by Gasteiger charge is 2.28. The summed E-state index contributed by atoms with van der Waals surface area (Å²) in [4.78, 5) is 26.3. The van der Waals surface area contributed by atoms with Gasteiger partial charge in [0.1, 0.15) is 5.76 Å². The molecule has 8 nitrogen and oxygen atoms in total. The van der Waals surface area contributed by atoms with Crippen LogP contribution in [0.25, 0.3) is 33.7 Å². The zero-order chi connectivity index (χ0) is 23.9. The Balaban J connectivity index is 1.33. The standard InChI is InChI=1S/C27H21N5O3/c1-16-23(33)21-8-5-9-22(25(21)35-24(16)17-6-3-2-4-7-17)27(34)28-19-12-10-18(11-13-19)26-29-30-31-32(26)20-14-15-20/h2-13,20H,14-15H2,1H3,(H,28,34). The maximum Gasteiger partial charge on any atom is 0.259 e. The fourth-order valence-corrected chi connectivity index (χ4v) is 4.20. The highest BCUT2D eigenvalue weighted by Crippen LogP contribution is 2.36. The molecule has 0 saturated heterocycles. The Morgan fingerprint density at radius 2 is 1.74 bits per heavy atom. The topological polar surface area (TPSA) is 103 Å². The van der Waals surface area contributed by atoms with Gasteiger partial charge in [0.15, 0.2) is 16.8 Å². The Hall–Kier alpha value is -4.59. The average Bonchev–Trinajstić information content (AvgIpc) is 3.63. The molecule has 1 N–H and O–H groups in total. The van der Waals surface area contributed by atoms with E-state index >= 15 is 0 Å². The lowest BCUT2D eigenvalue weighted by Gasteiger charge is -2.11. The van der Waals surface area contributed by atoms with Gasteiger partial charge >= 0.3 is 0 Å². The van der Waals surface area contributed by atoms with E-state index in [4.69, 9.17) is 4.42 Å². The number of carbonyl (C=O) groups excluding carboxylic acids is 1. The van der Waals surface area contributed by atoms with Crippen molar-refractivity contribution in [3.8, 4) is 22.7 Å². The van der Waals surface area contributed by atoms with E-state index in [9.17, 15) is 9.59 Å². The number of carbonyl (C=O) groups is 1. The van der Waals surface area contributed by atoms with Gasteiger partial charge in [0.05, 0.1) is 17.0 Å². The molecule has 2 aromatic heterocycles. The number of tetrazole rings is 1. The number of para-hydroxylation sites is 1. The summed E-state index contributed by atoms with van der Waals surface area (Å²) in [5.74, 6) is 0.809. The molecule has 0 unspecified atom stereocenters. The van der Waals surface area contributed by atoms with Gasteiger partial charge in [-0.2, -0.15) is 0 Å². The number of benzene rings is 3. The first-order valence-corrected chi connectivity index (χ1v) is 11.4. The molecule has 1 saturated carbocycles. The van der Waals surface area contributed by atoms with E-state index in [0.29, 0.717) is 39.8 Å². The van der Waals surface area contributed by atoms with E-state index in [2.05, 4.69) is 20.8 Å². The minimum Gasteiger partial charge on any atom is -0.455 e. The molecule has 172 valence electrons. The van der Waals surface area contributed by atoms with Crippen molar-refractivity contribution in [3.05, 3.63) is 94.1 Å². The number of hydrogen-bond acceptors (Lipinski definition) is 6. The summed E-state index contributed by atoms with van der Waals surface area (Å²) in [5.41, 5.74) is 3.17. The highest BCUT2D eigenvalue weighted by atomic mass is 16.3. The molecule has 0 spiro atoms. The first kappa shape index (κ1) is 21.0. The van der Waals surface area contributed by atoms with Crippen molar-refractivity contribution >= 4 is 22.6 Å². The lowest BCUT2D eigenvalue weighted by atomic mass is 10.0. The van der Waals surface area contributed by atoms with Crippen LogP contribution in [0.2, 0.25) is 0 Å². The molecule has 3 aromatic carbocycles. The molecule has 35 heavy (non-hydrogen) atoms. The Morgan fingerprint density at radius 3 is 2.49 bits per heavy atom. The largest absolute Gasteiger partial charge is 0.455 e. The van der Waals surface area contributed by atoms with Crippen LogP contribution in [0.1, 0.15) is 34.8 Å². The summed E-state index contributed by atoms with van der Waals surface area (Å²) in [6, 6.07) is 22.2. The third-order valence-electron chi connectivity index (χ3n) is 6.21. The molecule has 5 aromatic rings. The van der Waals surface area contributed by atoms with Gasteiger partial charge in [-0.15, -0.1) is 5.10 Å². The molecule has 1 fully saturated rings. The van der Waals surface area contributed by atoms with E-state index in [1.807, 2.05) is 47.1 Å². The maximum atomic E-state index is 13.2. The number of aromatic nitrogens is 4. The van der Waals surface area contributed by atoms with Crippen molar-refractivity contribution < 1.29 is 9.21 Å². The Kier molecular flexibility index (Phi) is 4.99. The number of nitrogens with zero attached hydrogens (tertiary/aromatic N) is 4. The molecule has 0 aliphatic heterocycles. The molecule has 1 aliphatic carbocycles. The molecule has 0 radical (unpaired) electrons. The maximum absolute atomic E-state index is 13.2. The van der Waals surface area contributed by atoms with Gasteiger partial charge < -0.3 is 9.73 Å². The molecule has 0 bridgehead atoms. The van der Waals surface area contributed by atoms with E-state index in [0.717, 1.165) is 24.0 Å². The lowest BCUT2D eigenvalue weighted by molar-refractivity contribution is 0.102. The van der Waals surface area contributed by atoms with Crippen LogP contribution in [0.5, 0.6) is 0 Å². The summed E-state index contributed by atoms with van der Waals surface area (Å²) in [7, 11) is 0. The second kappa shape index (κ2) is 8.32. The van der Waals surface area contributed by atoms with Gasteiger partial charge in [-0.1, -0.05) is 36.4 Å². The van der Waals surface area contributed by atoms with Crippen molar-refractivity contribution in [2.24, 2.45) is 0 Å². The third-order valence-corrected chi connectivity index (χ3v) is 6.21. The number of amides is 1. The average molecular weight is 463 g/mol. The van der Waals surface area contributed by atoms with Crippen molar-refractivity contribution in [1.82, 2.24) is 20.2 Å². The van der Waals surface area contributed by atoms with Crippen LogP contribution in [0.15, 0.2) is 82.0 Å². The van der Waals surface area contributed by atoms with Crippen LogP contribution in [0, 0.1) is 6.92 Å². The van der Waals surface area contributed by atoms with E-state index in [1.54, 1.807) is 37.3 Å². The Bertz CT molecular complexity index is 1620. The molecular weight excluding hydrogens is 442 g/mol. The number of hydrogen-bond donors (Lipinski definition) is 1. The van der Waals surface area contributed by atoms with Crippen LogP contribution in [-0.4, -0.2) is 26.1 Å². The number of anilines is 1. The summed E-state index contributed by atoms with van der Waals surface area (Å²) in [6.45, 7) is 1.74. The molecule has 1 aliphatic rings. The molecule has 0 atom stereocenters. The van der Waals surface area contributed by atoms with Gasteiger partial charge in [-0.05, 0) is 66.6 Å². The van der Waals surface area contributed by atoms with Crippen LogP contribution in [0.4, 0.5) is 5.69 Å². The zero-order valence-electron chi connectivity index (χ0n) is 18.9. The van der Waals surface area contributed by atoms with E-state index in [1.165, 1.54) is 0 Å². The lowest BCUT2D eigenvalue weighted by Crippen LogP contribution is -2.15. The van der Waals surface area contributed by atoms with Gasteiger partial charge in [-0.25, -0.2) is 4.68 Å². The second-order valence-corrected chi connectivity index (χ2v) is 8.64. The SMILES string of the molecule is Cc1c(-c2ccccc2)oc2c(C(=O)Nc3ccc(-c4nnnn4C4CC4)cc3)cccc2c1=O. The van der Waals surface area contributed by atoms with Gasteiger partial charge in [0.25, 0.3) is 5.91 Å². The van der Waals surface area contributed by atoms with Crippen molar-refractivity contribution in [2.75, 3.05) is 5.32 Å². The minimum absolute atomic E-state index is 0.155. The number of nitrogens with one attached hydrogen (secondary N) is 1. The predicted molar refractivity (Wildman–Crippen MR) is 132 cm³/mol. The van der Waals surface area contributed by atoms with Crippen molar-refractivity contribution in [1.29, 1.82) is 0 Å². The number of rotatable bonds is 5. The Morgan fingerprint density at radius 1 is 0.971 bits per heavy atom. The zero-order valence-corrected chi connectivity index (χ0v) is 18.9. The van der Waals surface area contributed by atoms with Crippen LogP contribution in [0.3, 0.4) is 0 Å². The molecule has 2 heterocycles. The second-order valence-electron chi connectivity index (χ2n) is 8.64. The van der Waals surface area contributed by atoms with Crippen LogP contribution >= 0.6 is 0 Å². The fourth-order valence-electron chi connectivity index (χ4n) is 4.20. The third kappa shape index (κ3) is 3.78. The monoisotopic (exact) mass is 463 g/mol. The molecule has 8 heteroatoms. The molecule has 1 amide bonds.